The summed E-state index contributed by atoms with van der Waals surface area (Å²) in [5.41, 5.74) is -0.0369. The van der Waals surface area contributed by atoms with Crippen molar-refractivity contribution in [2.45, 2.75) is 36.0 Å². The van der Waals surface area contributed by atoms with Gasteiger partial charge in [-0.15, -0.1) is 0 Å². The summed E-state index contributed by atoms with van der Waals surface area (Å²) in [6.07, 6.45) is 3.88. The molecule has 0 N–H and O–H groups in total. The number of ether oxygens (including phenoxy) is 1. The number of benzene rings is 1. The van der Waals surface area contributed by atoms with Crippen LogP contribution in [0.1, 0.15) is 25.7 Å². The summed E-state index contributed by atoms with van der Waals surface area (Å²) in [6.45, 7) is 0. The minimum Gasteiger partial charge on any atom is -0.370 e. The van der Waals surface area contributed by atoms with E-state index in [0.29, 0.717) is 5.78 Å². The quantitative estimate of drug-likeness (QED) is 0.604. The first kappa shape index (κ1) is 12.7. The number of rotatable bonds is 4. The molecule has 1 aromatic carbocycles. The third-order valence-corrected chi connectivity index (χ3v) is 4.46. The SMILES string of the molecule is COC(Sc1ccccc1)C1CCCCC1=O. The molecule has 0 radical (unpaired) electrons. The number of methoxy groups -OCH3 is 1. The van der Waals surface area contributed by atoms with Crippen molar-refractivity contribution in [1.29, 1.82) is 0 Å². The predicted octanol–water partition coefficient (Wildman–Crippen LogP) is 3.51. The van der Waals surface area contributed by atoms with Crippen molar-refractivity contribution in [3.8, 4) is 0 Å². The van der Waals surface area contributed by atoms with E-state index in [0.717, 1.165) is 30.6 Å². The molecule has 17 heavy (non-hydrogen) atoms. The highest BCUT2D eigenvalue weighted by Gasteiger charge is 2.30. The third-order valence-electron chi connectivity index (χ3n) is 3.16. The molecular weight excluding hydrogens is 232 g/mol. The smallest absolute Gasteiger partial charge is 0.139 e. The highest BCUT2D eigenvalue weighted by molar-refractivity contribution is 7.99. The molecule has 0 spiro atoms. The largest absolute Gasteiger partial charge is 0.370 e. The fourth-order valence-corrected chi connectivity index (χ4v) is 3.36. The van der Waals surface area contributed by atoms with E-state index in [4.69, 9.17) is 4.74 Å². The Hall–Kier alpha value is -0.800. The summed E-state index contributed by atoms with van der Waals surface area (Å²) in [5, 5.41) is 0. The second-order valence-electron chi connectivity index (χ2n) is 4.35. The van der Waals surface area contributed by atoms with Gasteiger partial charge in [-0.3, -0.25) is 4.79 Å². The van der Waals surface area contributed by atoms with Gasteiger partial charge in [0.15, 0.2) is 0 Å². The second kappa shape index (κ2) is 6.22. The summed E-state index contributed by atoms with van der Waals surface area (Å²) in [7, 11) is 1.70. The molecule has 3 heteroatoms. The van der Waals surface area contributed by atoms with E-state index in [9.17, 15) is 4.79 Å². The lowest BCUT2D eigenvalue weighted by Gasteiger charge is -2.27. The van der Waals surface area contributed by atoms with Gasteiger partial charge in [-0.05, 0) is 25.0 Å². The Balaban J connectivity index is 2.03. The van der Waals surface area contributed by atoms with Gasteiger partial charge in [-0.2, -0.15) is 0 Å². The molecule has 2 unspecified atom stereocenters. The van der Waals surface area contributed by atoms with Gasteiger partial charge in [-0.25, -0.2) is 0 Å². The third kappa shape index (κ3) is 3.33. The molecule has 1 aliphatic carbocycles. The van der Waals surface area contributed by atoms with Gasteiger partial charge in [0.1, 0.15) is 11.2 Å². The van der Waals surface area contributed by atoms with E-state index < -0.39 is 0 Å². The highest BCUT2D eigenvalue weighted by atomic mass is 32.2. The second-order valence-corrected chi connectivity index (χ2v) is 5.53. The maximum atomic E-state index is 11.9. The molecule has 2 nitrogen and oxygen atoms in total. The normalized spacial score (nSPS) is 22.4. The molecule has 0 aromatic heterocycles. The standard InChI is InChI=1S/C14H18O2S/c1-16-14(12-9-5-6-10-13(12)15)17-11-7-3-2-4-8-11/h2-4,7-8,12,14H,5-6,9-10H2,1H3. The zero-order valence-electron chi connectivity index (χ0n) is 10.1. The molecule has 0 bridgehead atoms. The summed E-state index contributed by atoms with van der Waals surface area (Å²) in [6, 6.07) is 10.1. The van der Waals surface area contributed by atoms with Gasteiger partial charge < -0.3 is 4.74 Å². The number of thioether (sulfide) groups is 1. The lowest BCUT2D eigenvalue weighted by molar-refractivity contribution is -0.127. The van der Waals surface area contributed by atoms with E-state index >= 15 is 0 Å². The first-order chi connectivity index (χ1) is 8.31. The van der Waals surface area contributed by atoms with Gasteiger partial charge in [-0.1, -0.05) is 36.4 Å². The average molecular weight is 250 g/mol. The Kier molecular flexibility index (Phi) is 4.63. The van der Waals surface area contributed by atoms with Gasteiger partial charge in [0.2, 0.25) is 0 Å². The first-order valence-corrected chi connectivity index (χ1v) is 6.96. The molecule has 0 amide bonds. The fourth-order valence-electron chi connectivity index (χ4n) is 2.23. The average Bonchev–Trinajstić information content (AvgIpc) is 2.38. The van der Waals surface area contributed by atoms with E-state index in [1.807, 2.05) is 18.2 Å². The van der Waals surface area contributed by atoms with Gasteiger partial charge in [0, 0.05) is 18.4 Å². The highest BCUT2D eigenvalue weighted by Crippen LogP contribution is 2.34. The van der Waals surface area contributed by atoms with E-state index in [-0.39, 0.29) is 11.4 Å². The zero-order valence-corrected chi connectivity index (χ0v) is 10.9. The minimum absolute atomic E-state index is 0.0369. The van der Waals surface area contributed by atoms with Crippen molar-refractivity contribution in [3.63, 3.8) is 0 Å². The Morgan fingerprint density at radius 1 is 1.29 bits per heavy atom. The first-order valence-electron chi connectivity index (χ1n) is 6.08. The van der Waals surface area contributed by atoms with Gasteiger partial charge in [0.25, 0.3) is 0 Å². The molecule has 92 valence electrons. The van der Waals surface area contributed by atoms with Crippen LogP contribution in [-0.2, 0) is 9.53 Å². The summed E-state index contributed by atoms with van der Waals surface area (Å²) in [5.74, 6) is 0.436. The van der Waals surface area contributed by atoms with Gasteiger partial charge in [0.05, 0.1) is 5.92 Å². The molecule has 1 aromatic rings. The molecule has 0 aliphatic heterocycles. The van der Waals surface area contributed by atoms with Crippen LogP contribution in [0.5, 0.6) is 0 Å². The molecule has 2 atom stereocenters. The number of hydrogen-bond acceptors (Lipinski definition) is 3. The number of hydrogen-bond donors (Lipinski definition) is 0. The zero-order chi connectivity index (χ0) is 12.1. The maximum Gasteiger partial charge on any atom is 0.139 e. The van der Waals surface area contributed by atoms with Crippen molar-refractivity contribution in [1.82, 2.24) is 0 Å². The molecule has 2 rings (SSSR count). The summed E-state index contributed by atoms with van der Waals surface area (Å²) >= 11 is 1.66. The summed E-state index contributed by atoms with van der Waals surface area (Å²) in [4.78, 5) is 13.1. The van der Waals surface area contributed by atoms with Crippen molar-refractivity contribution in [2.24, 2.45) is 5.92 Å². The molecule has 0 heterocycles. The lowest BCUT2D eigenvalue weighted by Crippen LogP contribution is -2.30. The van der Waals surface area contributed by atoms with Crippen LogP contribution in [0.3, 0.4) is 0 Å². The Morgan fingerprint density at radius 2 is 2.06 bits per heavy atom. The van der Waals surface area contributed by atoms with E-state index in [2.05, 4.69) is 12.1 Å². The maximum absolute atomic E-state index is 11.9. The Labute approximate surface area is 107 Å². The number of carbonyl (C=O) groups excluding carboxylic acids is 1. The van der Waals surface area contributed by atoms with Crippen molar-refractivity contribution < 1.29 is 9.53 Å². The molecule has 0 saturated heterocycles. The van der Waals surface area contributed by atoms with Crippen molar-refractivity contribution in [2.75, 3.05) is 7.11 Å². The minimum atomic E-state index is -0.0369. The van der Waals surface area contributed by atoms with Crippen LogP contribution >= 0.6 is 11.8 Å². The van der Waals surface area contributed by atoms with Crippen LogP contribution in [0, 0.1) is 5.92 Å². The van der Waals surface area contributed by atoms with Crippen LogP contribution in [-0.4, -0.2) is 18.3 Å². The monoisotopic (exact) mass is 250 g/mol. The number of ketones is 1. The van der Waals surface area contributed by atoms with Crippen molar-refractivity contribution >= 4 is 17.5 Å². The number of Topliss-reactive ketones (excluding diaryl/α,β-unsaturated/α-hetero) is 1. The lowest BCUT2D eigenvalue weighted by atomic mass is 9.88. The van der Waals surface area contributed by atoms with E-state index in [1.165, 1.54) is 0 Å². The predicted molar refractivity (Wildman–Crippen MR) is 70.1 cm³/mol. The van der Waals surface area contributed by atoms with Gasteiger partial charge >= 0.3 is 0 Å². The number of carbonyl (C=O) groups is 1. The van der Waals surface area contributed by atoms with Crippen molar-refractivity contribution in [3.05, 3.63) is 30.3 Å². The van der Waals surface area contributed by atoms with Crippen LogP contribution in [0.15, 0.2) is 35.2 Å². The molecule has 1 fully saturated rings. The fraction of sp³-hybridized carbons (Fsp3) is 0.500. The van der Waals surface area contributed by atoms with Crippen LogP contribution < -0.4 is 0 Å². The van der Waals surface area contributed by atoms with Crippen LogP contribution in [0.4, 0.5) is 0 Å². The molecule has 1 saturated carbocycles. The van der Waals surface area contributed by atoms with Crippen LogP contribution in [0.2, 0.25) is 0 Å². The summed E-state index contributed by atoms with van der Waals surface area (Å²) < 4.78 is 5.51. The molecular formula is C14H18O2S. The topological polar surface area (TPSA) is 26.3 Å². The molecule has 1 aliphatic rings. The van der Waals surface area contributed by atoms with Crippen LogP contribution in [0.25, 0.3) is 0 Å². The van der Waals surface area contributed by atoms with E-state index in [1.54, 1.807) is 18.9 Å². The Morgan fingerprint density at radius 3 is 2.71 bits per heavy atom. The Bertz CT molecular complexity index is 364.